The summed E-state index contributed by atoms with van der Waals surface area (Å²) in [6.45, 7) is 7.66. The lowest BCUT2D eigenvalue weighted by atomic mass is 10.1. The molecule has 5 heteroatoms. The lowest BCUT2D eigenvalue weighted by molar-refractivity contribution is -0.147. The van der Waals surface area contributed by atoms with Crippen molar-refractivity contribution in [3.8, 4) is 0 Å². The highest BCUT2D eigenvalue weighted by molar-refractivity contribution is 6.00. The van der Waals surface area contributed by atoms with Gasteiger partial charge in [0, 0.05) is 31.7 Å². The van der Waals surface area contributed by atoms with Crippen LogP contribution in [-0.4, -0.2) is 48.6 Å². The average Bonchev–Trinajstić information content (AvgIpc) is 2.87. The molecule has 3 atom stereocenters. The van der Waals surface area contributed by atoms with Gasteiger partial charge in [-0.15, -0.1) is 0 Å². The number of amides is 2. The number of ether oxygens (including phenoxy) is 1. The van der Waals surface area contributed by atoms with E-state index in [2.05, 4.69) is 0 Å². The summed E-state index contributed by atoms with van der Waals surface area (Å²) in [6, 6.07) is 7.86. The van der Waals surface area contributed by atoms with Crippen molar-refractivity contribution in [2.45, 2.75) is 39.4 Å². The topological polar surface area (TPSA) is 49.9 Å². The standard InChI is InChI=1S/C18H24N2O3/c1-12-5-4-6-16(7-12)20-11-15(8-17(20)21)18(22)19-9-13(2)23-14(3)10-19/h4-7,13-15H,8-11H2,1-3H3/t13-,14-,15-/m1/s1. The van der Waals surface area contributed by atoms with Crippen LogP contribution < -0.4 is 4.90 Å². The van der Waals surface area contributed by atoms with Gasteiger partial charge in [-0.2, -0.15) is 0 Å². The molecule has 0 bridgehead atoms. The summed E-state index contributed by atoms with van der Waals surface area (Å²) in [7, 11) is 0. The maximum absolute atomic E-state index is 12.8. The third-order valence-electron chi connectivity index (χ3n) is 4.52. The minimum Gasteiger partial charge on any atom is -0.372 e. The molecule has 0 aromatic heterocycles. The van der Waals surface area contributed by atoms with Gasteiger partial charge in [-0.25, -0.2) is 0 Å². The number of carbonyl (C=O) groups excluding carboxylic acids is 2. The van der Waals surface area contributed by atoms with Crippen LogP contribution in [0, 0.1) is 12.8 Å². The zero-order valence-corrected chi connectivity index (χ0v) is 14.0. The fourth-order valence-corrected chi connectivity index (χ4v) is 3.53. The van der Waals surface area contributed by atoms with Crippen molar-refractivity contribution in [2.75, 3.05) is 24.5 Å². The first-order valence-corrected chi connectivity index (χ1v) is 8.25. The molecule has 2 aliphatic rings. The number of hydrogen-bond donors (Lipinski definition) is 0. The summed E-state index contributed by atoms with van der Waals surface area (Å²) in [5.74, 6) is -0.140. The zero-order chi connectivity index (χ0) is 16.6. The van der Waals surface area contributed by atoms with Crippen LogP contribution in [0.25, 0.3) is 0 Å². The van der Waals surface area contributed by atoms with Crippen molar-refractivity contribution in [1.82, 2.24) is 4.90 Å². The van der Waals surface area contributed by atoms with Crippen LogP contribution in [0.2, 0.25) is 0 Å². The molecule has 5 nitrogen and oxygen atoms in total. The quantitative estimate of drug-likeness (QED) is 0.838. The van der Waals surface area contributed by atoms with Gasteiger partial charge >= 0.3 is 0 Å². The Morgan fingerprint density at radius 1 is 1.17 bits per heavy atom. The summed E-state index contributed by atoms with van der Waals surface area (Å²) in [5, 5.41) is 0. The molecule has 23 heavy (non-hydrogen) atoms. The largest absolute Gasteiger partial charge is 0.372 e. The molecule has 0 unspecified atom stereocenters. The maximum Gasteiger partial charge on any atom is 0.228 e. The van der Waals surface area contributed by atoms with E-state index >= 15 is 0 Å². The summed E-state index contributed by atoms with van der Waals surface area (Å²) in [4.78, 5) is 28.7. The van der Waals surface area contributed by atoms with E-state index in [4.69, 9.17) is 4.74 Å². The summed E-state index contributed by atoms with van der Waals surface area (Å²) in [5.41, 5.74) is 2.00. The number of rotatable bonds is 2. The van der Waals surface area contributed by atoms with Gasteiger partial charge in [0.2, 0.25) is 11.8 Å². The van der Waals surface area contributed by atoms with Crippen molar-refractivity contribution >= 4 is 17.5 Å². The summed E-state index contributed by atoms with van der Waals surface area (Å²) in [6.07, 6.45) is 0.396. The second kappa shape index (κ2) is 6.32. The molecule has 3 rings (SSSR count). The van der Waals surface area contributed by atoms with Gasteiger partial charge in [-0.05, 0) is 38.5 Å². The van der Waals surface area contributed by atoms with E-state index in [1.165, 1.54) is 0 Å². The first-order chi connectivity index (χ1) is 10.9. The second-order valence-corrected chi connectivity index (χ2v) is 6.74. The van der Waals surface area contributed by atoms with Gasteiger partial charge in [-0.1, -0.05) is 12.1 Å². The highest BCUT2D eigenvalue weighted by Gasteiger charge is 2.38. The SMILES string of the molecule is Cc1cccc(N2C[C@H](C(=O)N3C[C@@H](C)O[C@H](C)C3)CC2=O)c1. The van der Waals surface area contributed by atoms with Crippen molar-refractivity contribution in [1.29, 1.82) is 0 Å². The third-order valence-corrected chi connectivity index (χ3v) is 4.52. The van der Waals surface area contributed by atoms with Crippen molar-refractivity contribution in [3.05, 3.63) is 29.8 Å². The lowest BCUT2D eigenvalue weighted by Crippen LogP contribution is -2.50. The van der Waals surface area contributed by atoms with Gasteiger partial charge in [0.1, 0.15) is 0 Å². The smallest absolute Gasteiger partial charge is 0.228 e. The zero-order valence-electron chi connectivity index (χ0n) is 14.0. The van der Waals surface area contributed by atoms with Crippen LogP contribution >= 0.6 is 0 Å². The predicted molar refractivity (Wildman–Crippen MR) is 88.2 cm³/mol. The van der Waals surface area contributed by atoms with E-state index in [0.717, 1.165) is 11.3 Å². The van der Waals surface area contributed by atoms with Crippen LogP contribution in [0.5, 0.6) is 0 Å². The van der Waals surface area contributed by atoms with Crippen molar-refractivity contribution in [3.63, 3.8) is 0 Å². The Labute approximate surface area is 137 Å². The second-order valence-electron chi connectivity index (χ2n) is 6.74. The molecular weight excluding hydrogens is 292 g/mol. The first-order valence-electron chi connectivity index (χ1n) is 8.25. The van der Waals surface area contributed by atoms with Crippen LogP contribution in [0.3, 0.4) is 0 Å². The minimum atomic E-state index is -0.250. The number of benzene rings is 1. The number of morpholine rings is 1. The normalized spacial score (nSPS) is 28.3. The van der Waals surface area contributed by atoms with E-state index in [9.17, 15) is 9.59 Å². The Morgan fingerprint density at radius 3 is 2.52 bits per heavy atom. The Bertz CT molecular complexity index is 606. The third kappa shape index (κ3) is 3.39. The summed E-state index contributed by atoms with van der Waals surface area (Å²) < 4.78 is 5.68. The van der Waals surface area contributed by atoms with E-state index in [1.54, 1.807) is 4.90 Å². The van der Waals surface area contributed by atoms with Crippen molar-refractivity contribution < 1.29 is 14.3 Å². The minimum absolute atomic E-state index is 0.0308. The van der Waals surface area contributed by atoms with Crippen LogP contribution in [0.4, 0.5) is 5.69 Å². The molecule has 2 heterocycles. The highest BCUT2D eigenvalue weighted by atomic mass is 16.5. The van der Waals surface area contributed by atoms with E-state index < -0.39 is 0 Å². The predicted octanol–water partition coefficient (Wildman–Crippen LogP) is 1.98. The molecule has 0 aliphatic carbocycles. The van der Waals surface area contributed by atoms with Gasteiger partial charge in [0.05, 0.1) is 18.1 Å². The van der Waals surface area contributed by atoms with Crippen LogP contribution in [0.1, 0.15) is 25.8 Å². The number of aryl methyl sites for hydroxylation is 1. The molecule has 2 aliphatic heterocycles. The first kappa shape index (κ1) is 16.0. The molecule has 0 saturated carbocycles. The number of carbonyl (C=O) groups is 2. The fraction of sp³-hybridized carbons (Fsp3) is 0.556. The Hall–Kier alpha value is -1.88. The van der Waals surface area contributed by atoms with Crippen LogP contribution in [0.15, 0.2) is 24.3 Å². The molecule has 0 N–H and O–H groups in total. The lowest BCUT2D eigenvalue weighted by Gasteiger charge is -2.36. The molecular formula is C18H24N2O3. The van der Waals surface area contributed by atoms with E-state index in [0.29, 0.717) is 26.1 Å². The van der Waals surface area contributed by atoms with Gasteiger partial charge in [0.15, 0.2) is 0 Å². The van der Waals surface area contributed by atoms with E-state index in [1.807, 2.05) is 49.9 Å². The number of anilines is 1. The maximum atomic E-state index is 12.8. The monoisotopic (exact) mass is 316 g/mol. The molecule has 1 aromatic rings. The van der Waals surface area contributed by atoms with Gasteiger partial charge in [0.25, 0.3) is 0 Å². The Morgan fingerprint density at radius 2 is 1.87 bits per heavy atom. The average molecular weight is 316 g/mol. The molecule has 2 saturated heterocycles. The molecule has 0 radical (unpaired) electrons. The van der Waals surface area contributed by atoms with E-state index in [-0.39, 0.29) is 29.9 Å². The molecule has 1 aromatic carbocycles. The molecule has 2 amide bonds. The molecule has 124 valence electrons. The van der Waals surface area contributed by atoms with Gasteiger partial charge in [-0.3, -0.25) is 9.59 Å². The highest BCUT2D eigenvalue weighted by Crippen LogP contribution is 2.27. The Balaban J connectivity index is 1.70. The summed E-state index contributed by atoms with van der Waals surface area (Å²) >= 11 is 0. The Kier molecular flexibility index (Phi) is 4.39. The molecule has 2 fully saturated rings. The van der Waals surface area contributed by atoms with Crippen LogP contribution in [-0.2, 0) is 14.3 Å². The van der Waals surface area contributed by atoms with Gasteiger partial charge < -0.3 is 14.5 Å². The number of hydrogen-bond acceptors (Lipinski definition) is 3. The fourth-order valence-electron chi connectivity index (χ4n) is 3.53. The molecule has 0 spiro atoms. The number of nitrogens with zero attached hydrogens (tertiary/aromatic N) is 2. The van der Waals surface area contributed by atoms with Crippen molar-refractivity contribution in [2.24, 2.45) is 5.92 Å².